The molecule has 0 aliphatic rings. The van der Waals surface area contributed by atoms with Crippen molar-refractivity contribution in [2.75, 3.05) is 6.54 Å². The van der Waals surface area contributed by atoms with Gasteiger partial charge in [-0.1, -0.05) is 19.1 Å². The summed E-state index contributed by atoms with van der Waals surface area (Å²) >= 11 is 1.47. The molecule has 0 saturated heterocycles. The molecule has 0 unspecified atom stereocenters. The Bertz CT molecular complexity index is 558. The zero-order valence-electron chi connectivity index (χ0n) is 10.4. The molecule has 2 rings (SSSR count). The molecule has 5 nitrogen and oxygen atoms in total. The van der Waals surface area contributed by atoms with Gasteiger partial charge in [-0.25, -0.2) is 9.89 Å². The Hall–Kier alpha value is -1.53. The Morgan fingerprint density at radius 3 is 2.67 bits per heavy atom. The first-order valence-electron chi connectivity index (χ1n) is 5.79. The van der Waals surface area contributed by atoms with Crippen LogP contribution in [0.2, 0.25) is 0 Å². The molecule has 1 aromatic heterocycles. The maximum atomic E-state index is 11.2. The van der Waals surface area contributed by atoms with Crippen molar-refractivity contribution >= 4 is 11.8 Å². The van der Waals surface area contributed by atoms with Crippen LogP contribution in [0.1, 0.15) is 12.5 Å². The van der Waals surface area contributed by atoms with Crippen molar-refractivity contribution in [3.8, 4) is 0 Å². The highest BCUT2D eigenvalue weighted by Gasteiger charge is 2.05. The van der Waals surface area contributed by atoms with Crippen molar-refractivity contribution in [3.63, 3.8) is 0 Å². The van der Waals surface area contributed by atoms with E-state index in [-0.39, 0.29) is 5.69 Å². The number of hydrogen-bond donors (Lipinski definition) is 2. The Balaban J connectivity index is 2.06. The largest absolute Gasteiger partial charge is 0.343 e. The summed E-state index contributed by atoms with van der Waals surface area (Å²) in [4.78, 5) is 12.3. The highest BCUT2D eigenvalue weighted by molar-refractivity contribution is 7.99. The van der Waals surface area contributed by atoms with Gasteiger partial charge in [0.15, 0.2) is 5.16 Å². The highest BCUT2D eigenvalue weighted by atomic mass is 32.2. The van der Waals surface area contributed by atoms with Crippen molar-refractivity contribution < 1.29 is 0 Å². The first kappa shape index (κ1) is 12.9. The standard InChI is InChI=1S/C12H16N4OS/c1-3-13-8-9-4-6-10(7-5-9)18-12-15-14-11(17)16(12)2/h4-7,13H,3,8H2,1-2H3,(H,14,17). The number of hydrogen-bond acceptors (Lipinski definition) is 4. The number of aromatic nitrogens is 3. The van der Waals surface area contributed by atoms with E-state index in [0.29, 0.717) is 5.16 Å². The van der Waals surface area contributed by atoms with Gasteiger partial charge in [0.05, 0.1) is 0 Å². The Labute approximate surface area is 110 Å². The van der Waals surface area contributed by atoms with Crippen LogP contribution in [-0.4, -0.2) is 21.3 Å². The third-order valence-corrected chi connectivity index (χ3v) is 3.61. The smallest absolute Gasteiger partial charge is 0.313 e. The summed E-state index contributed by atoms with van der Waals surface area (Å²) in [7, 11) is 1.70. The van der Waals surface area contributed by atoms with Crippen LogP contribution in [-0.2, 0) is 13.6 Å². The average molecular weight is 264 g/mol. The number of nitrogens with one attached hydrogen (secondary N) is 2. The van der Waals surface area contributed by atoms with E-state index in [9.17, 15) is 4.79 Å². The molecular formula is C12H16N4OS. The molecule has 0 aliphatic carbocycles. The van der Waals surface area contributed by atoms with Crippen molar-refractivity contribution in [2.45, 2.75) is 23.5 Å². The second-order valence-electron chi connectivity index (χ2n) is 3.90. The van der Waals surface area contributed by atoms with E-state index in [2.05, 4.69) is 34.6 Å². The fourth-order valence-electron chi connectivity index (χ4n) is 1.47. The molecule has 0 amide bonds. The van der Waals surface area contributed by atoms with Gasteiger partial charge < -0.3 is 5.32 Å². The molecule has 0 atom stereocenters. The minimum Gasteiger partial charge on any atom is -0.313 e. The zero-order valence-corrected chi connectivity index (χ0v) is 11.3. The molecule has 6 heteroatoms. The third-order valence-electron chi connectivity index (χ3n) is 2.55. The molecule has 0 fully saturated rings. The minimum absolute atomic E-state index is 0.193. The monoisotopic (exact) mass is 264 g/mol. The molecule has 0 spiro atoms. The fourth-order valence-corrected chi connectivity index (χ4v) is 2.27. The van der Waals surface area contributed by atoms with E-state index in [1.54, 1.807) is 7.05 Å². The predicted octanol–water partition coefficient (Wildman–Crippen LogP) is 1.37. The van der Waals surface area contributed by atoms with E-state index in [0.717, 1.165) is 18.0 Å². The number of rotatable bonds is 5. The van der Waals surface area contributed by atoms with Gasteiger partial charge in [-0.3, -0.25) is 4.57 Å². The average Bonchev–Trinajstić information content (AvgIpc) is 2.70. The van der Waals surface area contributed by atoms with E-state index in [4.69, 9.17) is 0 Å². The van der Waals surface area contributed by atoms with Crippen molar-refractivity contribution in [1.29, 1.82) is 0 Å². The fraction of sp³-hybridized carbons (Fsp3) is 0.333. The number of H-pyrrole nitrogens is 1. The molecule has 1 aromatic carbocycles. The predicted molar refractivity (Wildman–Crippen MR) is 71.8 cm³/mol. The summed E-state index contributed by atoms with van der Waals surface area (Å²) in [5.74, 6) is 0. The van der Waals surface area contributed by atoms with Crippen LogP contribution in [0.3, 0.4) is 0 Å². The number of benzene rings is 1. The van der Waals surface area contributed by atoms with E-state index in [1.807, 2.05) is 12.1 Å². The lowest BCUT2D eigenvalue weighted by atomic mass is 10.2. The van der Waals surface area contributed by atoms with Crippen molar-refractivity contribution in [3.05, 3.63) is 40.3 Å². The van der Waals surface area contributed by atoms with Crippen molar-refractivity contribution in [2.24, 2.45) is 7.05 Å². The summed E-state index contributed by atoms with van der Waals surface area (Å²) in [6.07, 6.45) is 0. The molecule has 2 N–H and O–H groups in total. The second kappa shape index (κ2) is 5.88. The van der Waals surface area contributed by atoms with Crippen LogP contribution in [0.4, 0.5) is 0 Å². The van der Waals surface area contributed by atoms with Gasteiger partial charge in [-0.2, -0.15) is 0 Å². The van der Waals surface area contributed by atoms with Crippen LogP contribution < -0.4 is 11.0 Å². The molecule has 0 saturated carbocycles. The summed E-state index contributed by atoms with van der Waals surface area (Å²) in [6, 6.07) is 8.23. The van der Waals surface area contributed by atoms with E-state index in [1.165, 1.54) is 21.9 Å². The Morgan fingerprint density at radius 1 is 1.39 bits per heavy atom. The highest BCUT2D eigenvalue weighted by Crippen LogP contribution is 2.24. The molecule has 2 aromatic rings. The quantitative estimate of drug-likeness (QED) is 0.856. The summed E-state index contributed by atoms with van der Waals surface area (Å²) in [6.45, 7) is 3.93. The molecular weight excluding hydrogens is 248 g/mol. The van der Waals surface area contributed by atoms with E-state index < -0.39 is 0 Å². The zero-order chi connectivity index (χ0) is 13.0. The van der Waals surface area contributed by atoms with Crippen LogP contribution in [0.25, 0.3) is 0 Å². The molecule has 0 aliphatic heterocycles. The normalized spacial score (nSPS) is 10.8. The van der Waals surface area contributed by atoms with Gasteiger partial charge in [0.25, 0.3) is 0 Å². The van der Waals surface area contributed by atoms with Gasteiger partial charge in [-0.15, -0.1) is 5.10 Å². The third kappa shape index (κ3) is 3.02. The summed E-state index contributed by atoms with van der Waals surface area (Å²) in [5.41, 5.74) is 1.05. The topological polar surface area (TPSA) is 62.7 Å². The van der Waals surface area contributed by atoms with Crippen molar-refractivity contribution in [1.82, 2.24) is 20.1 Å². The minimum atomic E-state index is -0.193. The Kier molecular flexibility index (Phi) is 4.22. The summed E-state index contributed by atoms with van der Waals surface area (Å²) in [5, 5.41) is 10.3. The molecule has 18 heavy (non-hydrogen) atoms. The van der Waals surface area contributed by atoms with E-state index >= 15 is 0 Å². The lowest BCUT2D eigenvalue weighted by Crippen LogP contribution is -2.12. The molecule has 0 radical (unpaired) electrons. The van der Waals surface area contributed by atoms with Crippen LogP contribution in [0, 0.1) is 0 Å². The molecule has 1 heterocycles. The molecule has 0 bridgehead atoms. The number of aromatic amines is 1. The SMILES string of the molecule is CCNCc1ccc(Sc2n[nH]c(=O)n2C)cc1. The Morgan fingerprint density at radius 2 is 2.11 bits per heavy atom. The second-order valence-corrected chi connectivity index (χ2v) is 4.94. The van der Waals surface area contributed by atoms with Crippen LogP contribution in [0.5, 0.6) is 0 Å². The first-order chi connectivity index (χ1) is 8.70. The van der Waals surface area contributed by atoms with Gasteiger partial charge in [0, 0.05) is 18.5 Å². The van der Waals surface area contributed by atoms with Gasteiger partial charge in [0.1, 0.15) is 0 Å². The number of nitrogens with zero attached hydrogens (tertiary/aromatic N) is 2. The maximum absolute atomic E-state index is 11.2. The van der Waals surface area contributed by atoms with Gasteiger partial charge >= 0.3 is 5.69 Å². The molecule has 96 valence electrons. The van der Waals surface area contributed by atoms with Crippen LogP contribution >= 0.6 is 11.8 Å². The lowest BCUT2D eigenvalue weighted by molar-refractivity contribution is 0.726. The summed E-state index contributed by atoms with van der Waals surface area (Å²) < 4.78 is 1.50. The van der Waals surface area contributed by atoms with Gasteiger partial charge in [-0.05, 0) is 36.0 Å². The lowest BCUT2D eigenvalue weighted by Gasteiger charge is -2.04. The first-order valence-corrected chi connectivity index (χ1v) is 6.61. The maximum Gasteiger partial charge on any atom is 0.343 e. The van der Waals surface area contributed by atoms with Crippen LogP contribution in [0.15, 0.2) is 39.1 Å². The van der Waals surface area contributed by atoms with Gasteiger partial charge in [0.2, 0.25) is 0 Å².